The third-order valence-corrected chi connectivity index (χ3v) is 7.63. The lowest BCUT2D eigenvalue weighted by atomic mass is 9.98. The molecule has 3 aromatic carbocycles. The minimum atomic E-state index is -0.985. The third kappa shape index (κ3) is 10.0. The second-order valence-electron chi connectivity index (χ2n) is 11.3. The van der Waals surface area contributed by atoms with Crippen molar-refractivity contribution < 1.29 is 18.7 Å². The van der Waals surface area contributed by atoms with E-state index in [0.29, 0.717) is 11.1 Å². The van der Waals surface area contributed by atoms with E-state index in [0.717, 1.165) is 61.5 Å². The predicted octanol–water partition coefficient (Wildman–Crippen LogP) is 6.33. The van der Waals surface area contributed by atoms with Gasteiger partial charge in [-0.15, -0.1) is 24.8 Å². The van der Waals surface area contributed by atoms with Gasteiger partial charge < -0.3 is 20.6 Å². The Morgan fingerprint density at radius 2 is 1.67 bits per heavy atom. The summed E-state index contributed by atoms with van der Waals surface area (Å²) in [5.41, 5.74) is 3.83. The highest BCUT2D eigenvalue weighted by Crippen LogP contribution is 2.45. The summed E-state index contributed by atoms with van der Waals surface area (Å²) in [4.78, 5) is 15.7. The maximum atomic E-state index is 14.0. The summed E-state index contributed by atoms with van der Waals surface area (Å²) in [7, 11) is 2.07. The van der Waals surface area contributed by atoms with Crippen LogP contribution in [0, 0.1) is 18.6 Å². The van der Waals surface area contributed by atoms with Crippen LogP contribution in [0.25, 0.3) is 0 Å². The summed E-state index contributed by atoms with van der Waals surface area (Å²) in [6.45, 7) is 6.04. The second-order valence-corrected chi connectivity index (χ2v) is 11.3. The Bertz CT molecular complexity index is 1270. The molecular weight excluding hydrogens is 579 g/mol. The molecule has 1 amide bonds. The van der Waals surface area contributed by atoms with Gasteiger partial charge in [0.1, 0.15) is 11.6 Å². The van der Waals surface area contributed by atoms with E-state index in [1.54, 1.807) is 0 Å². The number of aryl methyl sites for hydroxylation is 1. The second kappa shape index (κ2) is 16.3. The third-order valence-electron chi connectivity index (χ3n) is 7.63. The number of carbonyl (C=O) groups is 1. The van der Waals surface area contributed by atoms with Crippen LogP contribution in [0.15, 0.2) is 66.7 Å². The van der Waals surface area contributed by atoms with Crippen LogP contribution in [0.5, 0.6) is 0 Å². The van der Waals surface area contributed by atoms with E-state index in [1.165, 1.54) is 12.1 Å². The number of halogens is 4. The largest absolute Gasteiger partial charge is 0.390 e. The number of benzene rings is 3. The van der Waals surface area contributed by atoms with Gasteiger partial charge in [0.05, 0.1) is 12.1 Å². The van der Waals surface area contributed by atoms with E-state index in [1.807, 2.05) is 37.3 Å². The van der Waals surface area contributed by atoms with Gasteiger partial charge in [-0.2, -0.15) is 0 Å². The number of rotatable bonds is 14. The molecule has 0 radical (unpaired) electrons. The first-order valence-electron chi connectivity index (χ1n) is 14.2. The van der Waals surface area contributed by atoms with Gasteiger partial charge in [0.15, 0.2) is 0 Å². The van der Waals surface area contributed by atoms with Gasteiger partial charge in [0, 0.05) is 30.3 Å². The van der Waals surface area contributed by atoms with Crippen LogP contribution < -0.4 is 10.6 Å². The highest BCUT2D eigenvalue weighted by molar-refractivity contribution is 5.94. The molecule has 2 atom stereocenters. The molecule has 0 saturated heterocycles. The maximum Gasteiger partial charge on any atom is 0.251 e. The standard InChI is InChI=1S/C33H41F2N3O2.2ClH/c1-4-5-13-38(3)22-25-14-23(2)15-26(16-25)32(40)37-30(19-24-17-28(34)20-29(35)18-24)31(39)21-36-33(11-12-33)27-9-7-6-8-10-27;;/h6-10,14-18,20,30-31,36,39H,4-5,11-13,19,21-22H2,1-3H3,(H,37,40);2*1H/t30-,31+;;/m0../s1. The van der Waals surface area contributed by atoms with E-state index in [4.69, 9.17) is 0 Å². The minimum absolute atomic E-state index is 0. The predicted molar refractivity (Wildman–Crippen MR) is 170 cm³/mol. The van der Waals surface area contributed by atoms with Crippen molar-refractivity contribution in [2.24, 2.45) is 0 Å². The molecule has 9 heteroatoms. The lowest BCUT2D eigenvalue weighted by molar-refractivity contribution is 0.0821. The Kier molecular flexibility index (Phi) is 13.9. The first-order chi connectivity index (χ1) is 19.2. The van der Waals surface area contributed by atoms with Crippen LogP contribution in [-0.4, -0.2) is 48.2 Å². The first-order valence-corrected chi connectivity index (χ1v) is 14.2. The van der Waals surface area contributed by atoms with Crippen molar-refractivity contribution in [1.82, 2.24) is 15.5 Å². The molecule has 1 fully saturated rings. The summed E-state index contributed by atoms with van der Waals surface area (Å²) < 4.78 is 27.9. The molecule has 4 rings (SSSR count). The van der Waals surface area contributed by atoms with Crippen LogP contribution in [0.3, 0.4) is 0 Å². The Morgan fingerprint density at radius 3 is 2.29 bits per heavy atom. The Balaban J connectivity index is 0.00000308. The van der Waals surface area contributed by atoms with E-state index in [9.17, 15) is 18.7 Å². The number of hydrogen-bond donors (Lipinski definition) is 3. The van der Waals surface area contributed by atoms with Crippen molar-refractivity contribution in [2.45, 2.75) is 70.2 Å². The minimum Gasteiger partial charge on any atom is -0.390 e. The fourth-order valence-corrected chi connectivity index (χ4v) is 5.31. The number of nitrogens with zero attached hydrogens (tertiary/aromatic N) is 1. The van der Waals surface area contributed by atoms with Crippen molar-refractivity contribution >= 4 is 30.7 Å². The molecule has 1 aliphatic carbocycles. The molecule has 0 aliphatic heterocycles. The van der Waals surface area contributed by atoms with Crippen LogP contribution in [0.1, 0.15) is 65.2 Å². The smallest absolute Gasteiger partial charge is 0.251 e. The number of aliphatic hydroxyl groups is 1. The number of hydrogen-bond acceptors (Lipinski definition) is 4. The number of amides is 1. The van der Waals surface area contributed by atoms with Crippen LogP contribution in [-0.2, 0) is 18.5 Å². The molecule has 0 heterocycles. The molecule has 42 heavy (non-hydrogen) atoms. The maximum absolute atomic E-state index is 14.0. The molecular formula is C33H43Cl2F2N3O2. The normalized spacial score (nSPS) is 14.8. The molecule has 5 nitrogen and oxygen atoms in total. The average molecular weight is 623 g/mol. The Morgan fingerprint density at radius 1 is 1.00 bits per heavy atom. The van der Waals surface area contributed by atoms with Gasteiger partial charge in [0.25, 0.3) is 5.91 Å². The Labute approximate surface area is 260 Å². The van der Waals surface area contributed by atoms with Gasteiger partial charge in [-0.25, -0.2) is 8.78 Å². The lowest BCUT2D eigenvalue weighted by Crippen LogP contribution is -2.50. The number of unbranched alkanes of at least 4 members (excludes halogenated alkanes) is 1. The summed E-state index contributed by atoms with van der Waals surface area (Å²) in [6.07, 6.45) is 3.23. The lowest BCUT2D eigenvalue weighted by Gasteiger charge is -2.27. The van der Waals surface area contributed by atoms with E-state index < -0.39 is 23.8 Å². The monoisotopic (exact) mass is 621 g/mol. The molecule has 0 unspecified atom stereocenters. The summed E-state index contributed by atoms with van der Waals surface area (Å²) in [5.74, 6) is -1.71. The van der Waals surface area contributed by atoms with Crippen molar-refractivity contribution in [3.8, 4) is 0 Å². The van der Waals surface area contributed by atoms with Crippen LogP contribution >= 0.6 is 24.8 Å². The van der Waals surface area contributed by atoms with Gasteiger partial charge >= 0.3 is 0 Å². The van der Waals surface area contributed by atoms with Crippen molar-refractivity contribution in [2.75, 3.05) is 20.1 Å². The van der Waals surface area contributed by atoms with Gasteiger partial charge in [-0.1, -0.05) is 55.3 Å². The summed E-state index contributed by atoms with van der Waals surface area (Å²) in [5, 5.41) is 17.7. The quantitative estimate of drug-likeness (QED) is 0.197. The van der Waals surface area contributed by atoms with E-state index in [2.05, 4.69) is 47.7 Å². The topological polar surface area (TPSA) is 64.6 Å². The fourth-order valence-electron chi connectivity index (χ4n) is 5.31. The Hall–Kier alpha value is -2.55. The highest BCUT2D eigenvalue weighted by Gasteiger charge is 2.44. The molecule has 0 aromatic heterocycles. The summed E-state index contributed by atoms with van der Waals surface area (Å²) in [6, 6.07) is 18.4. The molecule has 1 saturated carbocycles. The molecule has 1 aliphatic rings. The number of aliphatic hydroxyl groups excluding tert-OH is 1. The highest BCUT2D eigenvalue weighted by atomic mass is 35.5. The van der Waals surface area contributed by atoms with Crippen LogP contribution in [0.4, 0.5) is 8.78 Å². The van der Waals surface area contributed by atoms with Gasteiger partial charge in [-0.3, -0.25) is 4.79 Å². The van der Waals surface area contributed by atoms with Gasteiger partial charge in [-0.05, 0) is 87.2 Å². The van der Waals surface area contributed by atoms with E-state index in [-0.39, 0.29) is 49.2 Å². The molecule has 0 spiro atoms. The zero-order valence-electron chi connectivity index (χ0n) is 24.5. The number of carbonyl (C=O) groups excluding carboxylic acids is 1. The van der Waals surface area contributed by atoms with Crippen molar-refractivity contribution in [1.29, 1.82) is 0 Å². The molecule has 0 bridgehead atoms. The zero-order chi connectivity index (χ0) is 28.7. The molecule has 230 valence electrons. The number of nitrogens with one attached hydrogen (secondary N) is 2. The molecule has 3 N–H and O–H groups in total. The van der Waals surface area contributed by atoms with Crippen molar-refractivity contribution in [3.05, 3.63) is 106 Å². The van der Waals surface area contributed by atoms with Crippen molar-refractivity contribution in [3.63, 3.8) is 0 Å². The SMILES string of the molecule is CCCCN(C)Cc1cc(C)cc(C(=O)N[C@@H](Cc2cc(F)cc(F)c2)[C@H](O)CNC2(c3ccccc3)CC2)c1.Cl.Cl. The molecule has 3 aromatic rings. The fraction of sp³-hybridized carbons (Fsp3) is 0.424. The van der Waals surface area contributed by atoms with Gasteiger partial charge in [0.2, 0.25) is 0 Å². The average Bonchev–Trinajstić information content (AvgIpc) is 3.71. The van der Waals surface area contributed by atoms with Crippen LogP contribution in [0.2, 0.25) is 0 Å². The summed E-state index contributed by atoms with van der Waals surface area (Å²) >= 11 is 0. The van der Waals surface area contributed by atoms with E-state index >= 15 is 0 Å². The zero-order valence-corrected chi connectivity index (χ0v) is 26.2. The first kappa shape index (κ1) is 35.6.